The van der Waals surface area contributed by atoms with Gasteiger partial charge in [0.25, 0.3) is 0 Å². The van der Waals surface area contributed by atoms with E-state index >= 15 is 0 Å². The van der Waals surface area contributed by atoms with E-state index in [0.29, 0.717) is 19.7 Å². The summed E-state index contributed by atoms with van der Waals surface area (Å²) in [6.45, 7) is 1.49. The van der Waals surface area contributed by atoms with Gasteiger partial charge in [-0.3, -0.25) is 9.59 Å². The minimum Gasteiger partial charge on any atom is -0.383 e. The lowest BCUT2D eigenvalue weighted by atomic mass is 10.1. The number of aryl methyl sites for hydroxylation is 1. The number of ether oxygens (including phenoxy) is 1. The summed E-state index contributed by atoms with van der Waals surface area (Å²) in [5.74, 6) is -0.448. The van der Waals surface area contributed by atoms with Crippen LogP contribution in [0, 0.1) is 0 Å². The molecule has 2 amide bonds. The van der Waals surface area contributed by atoms with Crippen molar-refractivity contribution in [3.05, 3.63) is 35.9 Å². The van der Waals surface area contributed by atoms with Crippen molar-refractivity contribution in [2.75, 3.05) is 39.9 Å². The third-order valence-corrected chi connectivity index (χ3v) is 3.28. The smallest absolute Gasteiger partial charge is 0.242 e. The number of rotatable bonds is 10. The van der Waals surface area contributed by atoms with Crippen molar-refractivity contribution in [2.24, 2.45) is 5.73 Å². The SMILES string of the molecule is COCCN(CCCc1ccccc1)C(=O)CNC(=O)CN.Cl. The first-order chi connectivity index (χ1) is 10.7. The van der Waals surface area contributed by atoms with Gasteiger partial charge in [0.05, 0.1) is 19.7 Å². The van der Waals surface area contributed by atoms with E-state index in [0.717, 1.165) is 12.8 Å². The van der Waals surface area contributed by atoms with Gasteiger partial charge in [-0.1, -0.05) is 30.3 Å². The van der Waals surface area contributed by atoms with Crippen molar-refractivity contribution < 1.29 is 14.3 Å². The van der Waals surface area contributed by atoms with E-state index < -0.39 is 0 Å². The van der Waals surface area contributed by atoms with Gasteiger partial charge in [-0.25, -0.2) is 0 Å². The number of hydrogen-bond donors (Lipinski definition) is 2. The topological polar surface area (TPSA) is 84.7 Å². The number of methoxy groups -OCH3 is 1. The van der Waals surface area contributed by atoms with E-state index in [1.54, 1.807) is 12.0 Å². The molecule has 0 aliphatic rings. The van der Waals surface area contributed by atoms with Crippen LogP contribution in [0.1, 0.15) is 12.0 Å². The number of benzene rings is 1. The molecule has 3 N–H and O–H groups in total. The third kappa shape index (κ3) is 9.18. The second-order valence-corrected chi connectivity index (χ2v) is 4.94. The Bertz CT molecular complexity index is 457. The number of carbonyl (C=O) groups is 2. The summed E-state index contributed by atoms with van der Waals surface area (Å²) in [5, 5.41) is 2.50. The summed E-state index contributed by atoms with van der Waals surface area (Å²) < 4.78 is 5.03. The molecule has 0 radical (unpaired) electrons. The van der Waals surface area contributed by atoms with E-state index in [-0.39, 0.29) is 37.3 Å². The summed E-state index contributed by atoms with van der Waals surface area (Å²) in [6.07, 6.45) is 1.77. The van der Waals surface area contributed by atoms with Crippen molar-refractivity contribution in [1.29, 1.82) is 0 Å². The molecule has 0 atom stereocenters. The van der Waals surface area contributed by atoms with Gasteiger partial charge < -0.3 is 20.7 Å². The molecule has 0 fully saturated rings. The first-order valence-electron chi connectivity index (χ1n) is 7.44. The third-order valence-electron chi connectivity index (χ3n) is 3.28. The van der Waals surface area contributed by atoms with Crippen LogP contribution in [0.4, 0.5) is 0 Å². The Morgan fingerprint density at radius 2 is 1.91 bits per heavy atom. The molecular weight excluding hydrogens is 318 g/mol. The quantitative estimate of drug-likeness (QED) is 0.651. The van der Waals surface area contributed by atoms with Crippen LogP contribution in [-0.4, -0.2) is 56.6 Å². The molecule has 0 bridgehead atoms. The Labute approximate surface area is 143 Å². The van der Waals surface area contributed by atoms with Crippen LogP contribution < -0.4 is 11.1 Å². The minimum atomic E-state index is -0.329. The van der Waals surface area contributed by atoms with Crippen molar-refractivity contribution >= 4 is 24.2 Å². The van der Waals surface area contributed by atoms with E-state index in [4.69, 9.17) is 10.5 Å². The molecular formula is C16H26ClN3O3. The normalized spacial score (nSPS) is 9.83. The number of nitrogens with two attached hydrogens (primary N) is 1. The molecule has 0 aliphatic carbocycles. The van der Waals surface area contributed by atoms with Crippen molar-refractivity contribution in [1.82, 2.24) is 10.2 Å². The van der Waals surface area contributed by atoms with Crippen molar-refractivity contribution in [2.45, 2.75) is 12.8 Å². The molecule has 1 rings (SSSR count). The van der Waals surface area contributed by atoms with Crippen LogP contribution in [0.2, 0.25) is 0 Å². The molecule has 0 saturated carbocycles. The van der Waals surface area contributed by atoms with Crippen LogP contribution in [0.3, 0.4) is 0 Å². The lowest BCUT2D eigenvalue weighted by Gasteiger charge is -2.22. The molecule has 0 heterocycles. The van der Waals surface area contributed by atoms with Gasteiger partial charge >= 0.3 is 0 Å². The first kappa shape index (κ1) is 21.4. The van der Waals surface area contributed by atoms with Crippen LogP contribution >= 0.6 is 12.4 Å². The highest BCUT2D eigenvalue weighted by Crippen LogP contribution is 2.04. The van der Waals surface area contributed by atoms with Crippen LogP contribution in [0.15, 0.2) is 30.3 Å². The van der Waals surface area contributed by atoms with Crippen LogP contribution in [-0.2, 0) is 20.7 Å². The Morgan fingerprint density at radius 3 is 2.52 bits per heavy atom. The number of hydrogen-bond acceptors (Lipinski definition) is 4. The average molecular weight is 344 g/mol. The summed E-state index contributed by atoms with van der Waals surface area (Å²) in [4.78, 5) is 25.0. The number of nitrogens with one attached hydrogen (secondary N) is 1. The highest BCUT2D eigenvalue weighted by Gasteiger charge is 2.13. The Morgan fingerprint density at radius 1 is 1.22 bits per heavy atom. The summed E-state index contributed by atoms with van der Waals surface area (Å²) in [7, 11) is 1.60. The predicted octanol–water partition coefficient (Wildman–Crippen LogP) is 0.591. The molecule has 7 heteroatoms. The molecule has 130 valence electrons. The molecule has 0 aliphatic heterocycles. The monoisotopic (exact) mass is 343 g/mol. The number of amides is 2. The van der Waals surface area contributed by atoms with Crippen LogP contribution in [0.5, 0.6) is 0 Å². The number of halogens is 1. The maximum absolute atomic E-state index is 12.1. The molecule has 0 spiro atoms. The maximum atomic E-state index is 12.1. The second-order valence-electron chi connectivity index (χ2n) is 4.94. The summed E-state index contributed by atoms with van der Waals surface area (Å²) >= 11 is 0. The van der Waals surface area contributed by atoms with E-state index in [2.05, 4.69) is 17.4 Å². The van der Waals surface area contributed by atoms with Crippen molar-refractivity contribution in [3.63, 3.8) is 0 Å². The fourth-order valence-electron chi connectivity index (χ4n) is 2.04. The van der Waals surface area contributed by atoms with Gasteiger partial charge in [-0.05, 0) is 18.4 Å². The Balaban J connectivity index is 0.00000484. The molecule has 1 aromatic rings. The fraction of sp³-hybridized carbons (Fsp3) is 0.500. The van der Waals surface area contributed by atoms with Gasteiger partial charge in [0.2, 0.25) is 11.8 Å². The van der Waals surface area contributed by atoms with E-state index in [1.807, 2.05) is 18.2 Å². The number of carbonyl (C=O) groups excluding carboxylic acids is 2. The van der Waals surface area contributed by atoms with Gasteiger partial charge in [-0.15, -0.1) is 12.4 Å². The van der Waals surface area contributed by atoms with E-state index in [1.165, 1.54) is 5.56 Å². The predicted molar refractivity (Wildman–Crippen MR) is 92.5 cm³/mol. The standard InChI is InChI=1S/C16H25N3O3.ClH/c1-22-11-10-19(16(21)13-18-15(20)12-17)9-5-8-14-6-3-2-4-7-14;/h2-4,6-7H,5,8-13,17H2,1H3,(H,18,20);1H. The molecule has 6 nitrogen and oxygen atoms in total. The Hall–Kier alpha value is -1.63. The largest absolute Gasteiger partial charge is 0.383 e. The zero-order chi connectivity index (χ0) is 16.2. The average Bonchev–Trinajstić information content (AvgIpc) is 2.56. The number of nitrogens with zero attached hydrogens (tertiary/aromatic N) is 1. The summed E-state index contributed by atoms with van der Waals surface area (Å²) in [5.41, 5.74) is 6.45. The summed E-state index contributed by atoms with van der Waals surface area (Å²) in [6, 6.07) is 10.1. The zero-order valence-corrected chi connectivity index (χ0v) is 14.3. The van der Waals surface area contributed by atoms with Gasteiger partial charge in [0.15, 0.2) is 0 Å². The van der Waals surface area contributed by atoms with E-state index in [9.17, 15) is 9.59 Å². The zero-order valence-electron chi connectivity index (χ0n) is 13.5. The fourth-order valence-corrected chi connectivity index (χ4v) is 2.04. The van der Waals surface area contributed by atoms with Crippen LogP contribution in [0.25, 0.3) is 0 Å². The van der Waals surface area contributed by atoms with Crippen molar-refractivity contribution in [3.8, 4) is 0 Å². The molecule has 23 heavy (non-hydrogen) atoms. The molecule has 0 saturated heterocycles. The highest BCUT2D eigenvalue weighted by molar-refractivity contribution is 5.85. The van der Waals surface area contributed by atoms with Gasteiger partial charge in [0, 0.05) is 20.2 Å². The van der Waals surface area contributed by atoms with Gasteiger partial charge in [-0.2, -0.15) is 0 Å². The first-order valence-corrected chi connectivity index (χ1v) is 7.44. The highest BCUT2D eigenvalue weighted by atomic mass is 35.5. The lowest BCUT2D eigenvalue weighted by Crippen LogP contribution is -2.43. The second kappa shape index (κ2) is 12.9. The molecule has 0 aromatic heterocycles. The maximum Gasteiger partial charge on any atom is 0.242 e. The molecule has 1 aromatic carbocycles. The lowest BCUT2D eigenvalue weighted by molar-refractivity contribution is -0.133. The Kier molecular flexibility index (Phi) is 12.0. The minimum absolute atomic E-state index is 0. The van der Waals surface area contributed by atoms with Gasteiger partial charge in [0.1, 0.15) is 0 Å². The molecule has 0 unspecified atom stereocenters.